The second-order valence-corrected chi connectivity index (χ2v) is 5.41. The normalized spacial score (nSPS) is 14.3. The Morgan fingerprint density at radius 3 is 2.83 bits per heavy atom. The summed E-state index contributed by atoms with van der Waals surface area (Å²) < 4.78 is 1.80. The van der Waals surface area contributed by atoms with E-state index in [2.05, 4.69) is 10.4 Å². The molecule has 18 heavy (non-hydrogen) atoms. The summed E-state index contributed by atoms with van der Waals surface area (Å²) in [5.41, 5.74) is 7.91. The van der Waals surface area contributed by atoms with Gasteiger partial charge >= 0.3 is 0 Å². The van der Waals surface area contributed by atoms with E-state index in [-0.39, 0.29) is 11.9 Å². The number of nitrogens with one attached hydrogen (secondary N) is 1. The quantitative estimate of drug-likeness (QED) is 0.808. The number of aryl methyl sites for hydroxylation is 1. The van der Waals surface area contributed by atoms with Gasteiger partial charge in [-0.3, -0.25) is 9.48 Å². The number of hydrogen-bond donors (Lipinski definition) is 2. The maximum Gasteiger partial charge on any atom is 0.237 e. The molecule has 0 radical (unpaired) electrons. The molecule has 1 aromatic rings. The zero-order valence-corrected chi connectivity index (χ0v) is 12.3. The topological polar surface area (TPSA) is 72.9 Å². The van der Waals surface area contributed by atoms with E-state index in [0.29, 0.717) is 6.42 Å². The first kappa shape index (κ1) is 15.0. The van der Waals surface area contributed by atoms with Gasteiger partial charge in [0.05, 0.1) is 18.3 Å². The van der Waals surface area contributed by atoms with Gasteiger partial charge in [0, 0.05) is 18.3 Å². The molecule has 0 bridgehead atoms. The number of thioether (sulfide) groups is 1. The molecule has 0 spiro atoms. The Kier molecular flexibility index (Phi) is 5.68. The van der Waals surface area contributed by atoms with Crippen LogP contribution in [0.15, 0.2) is 6.20 Å². The van der Waals surface area contributed by atoms with Crippen LogP contribution in [-0.2, 0) is 11.8 Å². The van der Waals surface area contributed by atoms with Gasteiger partial charge in [0.15, 0.2) is 0 Å². The van der Waals surface area contributed by atoms with E-state index < -0.39 is 6.04 Å². The minimum absolute atomic E-state index is 0.0634. The Bertz CT molecular complexity index is 405. The molecule has 1 amide bonds. The van der Waals surface area contributed by atoms with Gasteiger partial charge in [0.2, 0.25) is 5.91 Å². The average Bonchev–Trinajstić information content (AvgIpc) is 2.66. The van der Waals surface area contributed by atoms with E-state index in [1.807, 2.05) is 27.2 Å². The van der Waals surface area contributed by atoms with Crippen LogP contribution < -0.4 is 11.1 Å². The number of carbonyl (C=O) groups excluding carboxylic acids is 1. The van der Waals surface area contributed by atoms with Gasteiger partial charge in [-0.15, -0.1) is 0 Å². The van der Waals surface area contributed by atoms with Gasteiger partial charge in [0.25, 0.3) is 0 Å². The first-order valence-electron chi connectivity index (χ1n) is 6.00. The number of carbonyl (C=O) groups is 1. The number of nitrogens with zero attached hydrogens (tertiary/aromatic N) is 2. The molecule has 0 saturated heterocycles. The van der Waals surface area contributed by atoms with Crippen molar-refractivity contribution in [1.29, 1.82) is 0 Å². The fraction of sp³-hybridized carbons (Fsp3) is 0.667. The van der Waals surface area contributed by atoms with Crippen LogP contribution in [0.3, 0.4) is 0 Å². The summed E-state index contributed by atoms with van der Waals surface area (Å²) >= 11 is 1.70. The lowest BCUT2D eigenvalue weighted by Gasteiger charge is -2.17. The Labute approximate surface area is 112 Å². The molecule has 0 aliphatic carbocycles. The smallest absolute Gasteiger partial charge is 0.237 e. The zero-order chi connectivity index (χ0) is 13.7. The minimum Gasteiger partial charge on any atom is -0.348 e. The van der Waals surface area contributed by atoms with Crippen molar-refractivity contribution in [1.82, 2.24) is 15.1 Å². The highest BCUT2D eigenvalue weighted by molar-refractivity contribution is 7.98. The van der Waals surface area contributed by atoms with Gasteiger partial charge in [-0.1, -0.05) is 0 Å². The van der Waals surface area contributed by atoms with Crippen LogP contribution in [0, 0.1) is 6.92 Å². The molecule has 0 aliphatic heterocycles. The van der Waals surface area contributed by atoms with E-state index in [9.17, 15) is 4.79 Å². The van der Waals surface area contributed by atoms with Crippen molar-refractivity contribution in [2.45, 2.75) is 32.4 Å². The van der Waals surface area contributed by atoms with Gasteiger partial charge in [0.1, 0.15) is 0 Å². The summed E-state index contributed by atoms with van der Waals surface area (Å²) in [6, 6.07) is -0.497. The third-order valence-corrected chi connectivity index (χ3v) is 3.71. The molecule has 102 valence electrons. The monoisotopic (exact) mass is 270 g/mol. The molecule has 0 fully saturated rings. The van der Waals surface area contributed by atoms with Gasteiger partial charge in [-0.25, -0.2) is 0 Å². The largest absolute Gasteiger partial charge is 0.348 e. The number of rotatable bonds is 6. The molecule has 0 aliphatic rings. The summed E-state index contributed by atoms with van der Waals surface area (Å²) in [7, 11) is 1.89. The van der Waals surface area contributed by atoms with Crippen LogP contribution in [0.25, 0.3) is 0 Å². The van der Waals surface area contributed by atoms with Gasteiger partial charge < -0.3 is 11.1 Å². The highest BCUT2D eigenvalue weighted by atomic mass is 32.2. The SMILES string of the molecule is CSCC[C@H](N)C(=O)NC(C)c1cnn(C)c1C. The second kappa shape index (κ2) is 6.80. The van der Waals surface area contributed by atoms with Crippen LogP contribution in [0.5, 0.6) is 0 Å². The van der Waals surface area contributed by atoms with Crippen LogP contribution in [0.4, 0.5) is 0 Å². The van der Waals surface area contributed by atoms with Crippen molar-refractivity contribution in [3.63, 3.8) is 0 Å². The van der Waals surface area contributed by atoms with Crippen molar-refractivity contribution in [3.8, 4) is 0 Å². The Balaban J connectivity index is 2.56. The first-order chi connectivity index (χ1) is 8.47. The van der Waals surface area contributed by atoms with E-state index in [1.54, 1.807) is 22.6 Å². The summed E-state index contributed by atoms with van der Waals surface area (Å²) in [4.78, 5) is 11.9. The van der Waals surface area contributed by atoms with Crippen LogP contribution in [-0.4, -0.2) is 33.7 Å². The maximum absolute atomic E-state index is 11.9. The minimum atomic E-state index is -0.433. The molecule has 0 saturated carbocycles. The third-order valence-electron chi connectivity index (χ3n) is 3.07. The van der Waals surface area contributed by atoms with E-state index in [0.717, 1.165) is 17.0 Å². The predicted molar refractivity (Wildman–Crippen MR) is 75.5 cm³/mol. The lowest BCUT2D eigenvalue weighted by Crippen LogP contribution is -2.42. The summed E-state index contributed by atoms with van der Waals surface area (Å²) in [5, 5.41) is 7.10. The molecule has 3 N–H and O–H groups in total. The highest BCUT2D eigenvalue weighted by Gasteiger charge is 2.18. The Morgan fingerprint density at radius 2 is 2.33 bits per heavy atom. The fourth-order valence-corrected chi connectivity index (χ4v) is 2.20. The molecule has 1 unspecified atom stereocenters. The second-order valence-electron chi connectivity index (χ2n) is 4.43. The highest BCUT2D eigenvalue weighted by Crippen LogP contribution is 2.16. The Hall–Kier alpha value is -1.01. The van der Waals surface area contributed by atoms with E-state index in [1.165, 1.54) is 0 Å². The maximum atomic E-state index is 11.9. The zero-order valence-electron chi connectivity index (χ0n) is 11.4. The molecular weight excluding hydrogens is 248 g/mol. The molecular formula is C12H22N4OS. The van der Waals surface area contributed by atoms with Crippen LogP contribution in [0.2, 0.25) is 0 Å². The first-order valence-corrected chi connectivity index (χ1v) is 7.40. The summed E-state index contributed by atoms with van der Waals surface area (Å²) in [6.45, 7) is 3.93. The molecule has 5 nitrogen and oxygen atoms in total. The van der Waals surface area contributed by atoms with E-state index >= 15 is 0 Å². The van der Waals surface area contributed by atoms with Crippen molar-refractivity contribution in [2.75, 3.05) is 12.0 Å². The predicted octanol–water partition coefficient (Wildman–Crippen LogP) is 0.986. The number of nitrogens with two attached hydrogens (primary N) is 1. The van der Waals surface area contributed by atoms with Gasteiger partial charge in [-0.05, 0) is 32.3 Å². The number of amides is 1. The third kappa shape index (κ3) is 3.74. The number of aromatic nitrogens is 2. The summed E-state index contributed by atoms with van der Waals surface area (Å²) in [5.74, 6) is 0.800. The fourth-order valence-electron chi connectivity index (χ4n) is 1.71. The molecule has 1 heterocycles. The molecule has 1 rings (SSSR count). The molecule has 0 aromatic carbocycles. The van der Waals surface area contributed by atoms with Gasteiger partial charge in [-0.2, -0.15) is 16.9 Å². The molecule has 6 heteroatoms. The average molecular weight is 270 g/mol. The van der Waals surface area contributed by atoms with E-state index in [4.69, 9.17) is 5.73 Å². The lowest BCUT2D eigenvalue weighted by atomic mass is 10.1. The van der Waals surface area contributed by atoms with Crippen molar-refractivity contribution < 1.29 is 4.79 Å². The summed E-state index contributed by atoms with van der Waals surface area (Å²) in [6.07, 6.45) is 4.49. The molecule has 2 atom stereocenters. The Morgan fingerprint density at radius 1 is 1.67 bits per heavy atom. The van der Waals surface area contributed by atoms with Crippen molar-refractivity contribution in [2.24, 2.45) is 12.8 Å². The molecule has 1 aromatic heterocycles. The standard InChI is InChI=1S/C12H22N4OS/c1-8(10-7-14-16(3)9(10)2)15-12(17)11(13)5-6-18-4/h7-8,11H,5-6,13H2,1-4H3,(H,15,17)/t8?,11-/m0/s1. The lowest BCUT2D eigenvalue weighted by molar-refractivity contribution is -0.123. The van der Waals surface area contributed by atoms with Crippen molar-refractivity contribution >= 4 is 17.7 Å². The van der Waals surface area contributed by atoms with Crippen LogP contribution >= 0.6 is 11.8 Å². The van der Waals surface area contributed by atoms with Crippen molar-refractivity contribution in [3.05, 3.63) is 17.5 Å². The van der Waals surface area contributed by atoms with Crippen LogP contribution in [0.1, 0.15) is 30.6 Å². The number of hydrogen-bond acceptors (Lipinski definition) is 4.